The average Bonchev–Trinajstić information content (AvgIpc) is 2.66. The van der Waals surface area contributed by atoms with Gasteiger partial charge in [-0.15, -0.1) is 11.3 Å². The van der Waals surface area contributed by atoms with Crippen molar-refractivity contribution < 1.29 is 9.90 Å². The number of carboxylic acids is 1. The molecule has 1 atom stereocenters. The largest absolute Gasteiger partial charge is 0.481 e. The molecule has 0 fully saturated rings. The van der Waals surface area contributed by atoms with Crippen molar-refractivity contribution in [3.8, 4) is 0 Å². The predicted octanol–water partition coefficient (Wildman–Crippen LogP) is 2.40. The van der Waals surface area contributed by atoms with Gasteiger partial charge in [0.15, 0.2) is 5.13 Å². The smallest absolute Gasteiger partial charge is 0.305 e. The lowest BCUT2D eigenvalue weighted by Gasteiger charge is -2.26. The van der Waals surface area contributed by atoms with Crippen molar-refractivity contribution >= 4 is 22.4 Å². The van der Waals surface area contributed by atoms with Gasteiger partial charge in [-0.05, 0) is 20.3 Å². The number of carboxylic acid groups (broad SMARTS) is 1. The fourth-order valence-electron chi connectivity index (χ4n) is 1.59. The maximum atomic E-state index is 10.7. The molecule has 1 heterocycles. The molecule has 4 nitrogen and oxygen atoms in total. The Bertz CT molecular complexity index is 352. The van der Waals surface area contributed by atoms with Gasteiger partial charge >= 0.3 is 5.97 Å². The van der Waals surface area contributed by atoms with Gasteiger partial charge in [0.05, 0.1) is 12.1 Å². The minimum absolute atomic E-state index is 0.0154. The number of aliphatic carboxylic acids is 1. The Morgan fingerprint density at radius 2 is 2.31 bits per heavy atom. The molecule has 0 radical (unpaired) electrons. The first-order valence-corrected chi connectivity index (χ1v) is 6.39. The van der Waals surface area contributed by atoms with Crippen molar-refractivity contribution in [2.45, 2.75) is 39.7 Å². The van der Waals surface area contributed by atoms with Gasteiger partial charge in [-0.1, -0.05) is 6.92 Å². The number of anilines is 1. The Labute approximate surface area is 99.9 Å². The van der Waals surface area contributed by atoms with Crippen LogP contribution in [0.15, 0.2) is 5.38 Å². The number of hydrogen-bond donors (Lipinski definition) is 1. The SMILES string of the molecule is CCc1csc(N(CC)C(C)CC(=O)O)n1. The third-order valence-corrected chi connectivity index (χ3v) is 3.42. The van der Waals surface area contributed by atoms with Gasteiger partial charge in [-0.2, -0.15) is 0 Å². The summed E-state index contributed by atoms with van der Waals surface area (Å²) in [6, 6.07) is -0.0154. The predicted molar refractivity (Wildman–Crippen MR) is 66.2 cm³/mol. The Hall–Kier alpha value is -1.10. The first-order valence-electron chi connectivity index (χ1n) is 5.51. The minimum atomic E-state index is -0.766. The van der Waals surface area contributed by atoms with Crippen molar-refractivity contribution in [1.29, 1.82) is 0 Å². The second-order valence-corrected chi connectivity index (χ2v) is 4.54. The minimum Gasteiger partial charge on any atom is -0.481 e. The van der Waals surface area contributed by atoms with Crippen molar-refractivity contribution in [2.24, 2.45) is 0 Å². The molecule has 1 aromatic rings. The van der Waals surface area contributed by atoms with Crippen LogP contribution in [0.4, 0.5) is 5.13 Å². The highest BCUT2D eigenvalue weighted by molar-refractivity contribution is 7.13. The first-order chi connectivity index (χ1) is 7.58. The molecule has 1 unspecified atom stereocenters. The number of carbonyl (C=O) groups is 1. The number of thiazole rings is 1. The summed E-state index contributed by atoms with van der Waals surface area (Å²) in [5.74, 6) is -0.766. The van der Waals surface area contributed by atoms with Gasteiger partial charge in [0.1, 0.15) is 0 Å². The van der Waals surface area contributed by atoms with Crippen LogP contribution in [-0.4, -0.2) is 28.6 Å². The van der Waals surface area contributed by atoms with Crippen LogP contribution in [0.1, 0.15) is 32.9 Å². The number of aromatic nitrogens is 1. The first kappa shape index (κ1) is 13.0. The second kappa shape index (κ2) is 5.84. The van der Waals surface area contributed by atoms with Gasteiger partial charge in [0, 0.05) is 18.0 Å². The topological polar surface area (TPSA) is 53.4 Å². The molecule has 0 spiro atoms. The van der Waals surface area contributed by atoms with E-state index in [2.05, 4.69) is 11.9 Å². The van der Waals surface area contributed by atoms with E-state index in [-0.39, 0.29) is 12.5 Å². The lowest BCUT2D eigenvalue weighted by molar-refractivity contribution is -0.137. The Balaban J connectivity index is 2.76. The summed E-state index contributed by atoms with van der Waals surface area (Å²) < 4.78 is 0. The fourth-order valence-corrected chi connectivity index (χ4v) is 2.66. The van der Waals surface area contributed by atoms with Crippen LogP contribution in [0.25, 0.3) is 0 Å². The maximum Gasteiger partial charge on any atom is 0.305 e. The number of hydrogen-bond acceptors (Lipinski definition) is 4. The molecule has 0 aliphatic rings. The van der Waals surface area contributed by atoms with Crippen molar-refractivity contribution in [3.63, 3.8) is 0 Å². The Kier molecular flexibility index (Phi) is 4.73. The van der Waals surface area contributed by atoms with Gasteiger partial charge < -0.3 is 10.0 Å². The monoisotopic (exact) mass is 242 g/mol. The van der Waals surface area contributed by atoms with Gasteiger partial charge in [0.2, 0.25) is 0 Å². The summed E-state index contributed by atoms with van der Waals surface area (Å²) in [5, 5.41) is 11.7. The Morgan fingerprint density at radius 1 is 1.62 bits per heavy atom. The van der Waals surface area contributed by atoms with Crippen LogP contribution in [-0.2, 0) is 11.2 Å². The van der Waals surface area contributed by atoms with Crippen molar-refractivity contribution in [1.82, 2.24) is 4.98 Å². The van der Waals surface area contributed by atoms with E-state index in [4.69, 9.17) is 5.11 Å². The fraction of sp³-hybridized carbons (Fsp3) is 0.636. The average molecular weight is 242 g/mol. The summed E-state index contributed by atoms with van der Waals surface area (Å²) in [6.45, 7) is 6.79. The van der Waals surface area contributed by atoms with E-state index < -0.39 is 5.97 Å². The molecule has 0 aromatic carbocycles. The molecule has 5 heteroatoms. The molecule has 0 aliphatic heterocycles. The van der Waals surface area contributed by atoms with Crippen LogP contribution in [0, 0.1) is 0 Å². The van der Waals surface area contributed by atoms with E-state index in [1.807, 2.05) is 24.1 Å². The van der Waals surface area contributed by atoms with Crippen molar-refractivity contribution in [2.75, 3.05) is 11.4 Å². The van der Waals surface area contributed by atoms with E-state index in [1.165, 1.54) is 0 Å². The summed E-state index contributed by atoms with van der Waals surface area (Å²) >= 11 is 1.58. The molecular weight excluding hydrogens is 224 g/mol. The van der Waals surface area contributed by atoms with Crippen LogP contribution < -0.4 is 4.90 Å². The summed E-state index contributed by atoms with van der Waals surface area (Å²) in [5.41, 5.74) is 1.07. The normalized spacial score (nSPS) is 12.4. The summed E-state index contributed by atoms with van der Waals surface area (Å²) in [6.07, 6.45) is 1.07. The number of nitrogens with zero attached hydrogens (tertiary/aromatic N) is 2. The second-order valence-electron chi connectivity index (χ2n) is 3.71. The lowest BCUT2D eigenvalue weighted by Crippen LogP contribution is -2.34. The highest BCUT2D eigenvalue weighted by atomic mass is 32.1. The molecule has 1 rings (SSSR count). The maximum absolute atomic E-state index is 10.7. The molecule has 0 amide bonds. The zero-order chi connectivity index (χ0) is 12.1. The highest BCUT2D eigenvalue weighted by Crippen LogP contribution is 2.23. The van der Waals surface area contributed by atoms with E-state index in [9.17, 15) is 4.79 Å². The van der Waals surface area contributed by atoms with Crippen LogP contribution in [0.3, 0.4) is 0 Å². The third kappa shape index (κ3) is 3.20. The number of rotatable bonds is 6. The summed E-state index contributed by atoms with van der Waals surface area (Å²) in [4.78, 5) is 17.2. The molecule has 0 saturated heterocycles. The summed E-state index contributed by atoms with van der Waals surface area (Å²) in [7, 11) is 0. The van der Waals surface area contributed by atoms with Crippen LogP contribution in [0.5, 0.6) is 0 Å². The van der Waals surface area contributed by atoms with E-state index in [0.717, 1.165) is 23.8 Å². The van der Waals surface area contributed by atoms with E-state index >= 15 is 0 Å². The molecule has 0 aliphatic carbocycles. The van der Waals surface area contributed by atoms with E-state index in [1.54, 1.807) is 11.3 Å². The van der Waals surface area contributed by atoms with Crippen LogP contribution >= 0.6 is 11.3 Å². The van der Waals surface area contributed by atoms with Gasteiger partial charge in [0.25, 0.3) is 0 Å². The molecule has 1 N–H and O–H groups in total. The standard InChI is InChI=1S/C11H18N2O2S/c1-4-9-7-16-11(12-9)13(5-2)8(3)6-10(14)15/h7-8H,4-6H2,1-3H3,(H,14,15). The van der Waals surface area contributed by atoms with E-state index in [0.29, 0.717) is 0 Å². The third-order valence-electron chi connectivity index (χ3n) is 2.49. The quantitative estimate of drug-likeness (QED) is 0.832. The molecule has 90 valence electrons. The Morgan fingerprint density at radius 3 is 2.75 bits per heavy atom. The lowest BCUT2D eigenvalue weighted by atomic mass is 10.2. The van der Waals surface area contributed by atoms with Crippen LogP contribution in [0.2, 0.25) is 0 Å². The number of aryl methyl sites for hydroxylation is 1. The van der Waals surface area contributed by atoms with Crippen molar-refractivity contribution in [3.05, 3.63) is 11.1 Å². The molecular formula is C11H18N2O2S. The molecule has 16 heavy (non-hydrogen) atoms. The molecule has 0 saturated carbocycles. The zero-order valence-corrected chi connectivity index (χ0v) is 10.8. The van der Waals surface area contributed by atoms with Gasteiger partial charge in [-0.3, -0.25) is 4.79 Å². The van der Waals surface area contributed by atoms with Gasteiger partial charge in [-0.25, -0.2) is 4.98 Å². The molecule has 1 aromatic heterocycles. The zero-order valence-electron chi connectivity index (χ0n) is 9.93. The molecule has 0 bridgehead atoms. The highest BCUT2D eigenvalue weighted by Gasteiger charge is 2.18.